The molecule has 0 aliphatic carbocycles. The number of fused-ring (bicyclic) bond motifs is 1. The topological polar surface area (TPSA) is 45.2 Å². The summed E-state index contributed by atoms with van der Waals surface area (Å²) < 4.78 is 1.28. The molecule has 1 N–H and O–H groups in total. The van der Waals surface area contributed by atoms with Crippen LogP contribution in [0.4, 0.5) is 0 Å². The first-order chi connectivity index (χ1) is 11.7. The number of piperidine rings is 1. The van der Waals surface area contributed by atoms with Gasteiger partial charge in [-0.05, 0) is 51.4 Å². The number of hydrogen-bond acceptors (Lipinski definition) is 4. The maximum atomic E-state index is 12.1. The van der Waals surface area contributed by atoms with Crippen molar-refractivity contribution < 1.29 is 4.79 Å². The molecule has 24 heavy (non-hydrogen) atoms. The number of nitrogens with one attached hydrogen (secondary N) is 1. The molecule has 1 atom stereocenters. The van der Waals surface area contributed by atoms with Crippen LogP contribution in [-0.4, -0.2) is 41.5 Å². The normalized spacial score (nSPS) is 17.9. The quantitative estimate of drug-likeness (QED) is 0.866. The molecule has 0 unspecified atom stereocenters. The summed E-state index contributed by atoms with van der Waals surface area (Å²) >= 11 is 1.82. The molecule has 2 aromatic rings. The molecule has 4 nitrogen and oxygen atoms in total. The average molecular weight is 346 g/mol. The molecule has 1 aliphatic rings. The molecule has 0 spiro atoms. The minimum absolute atomic E-state index is 0.161. The van der Waals surface area contributed by atoms with Crippen molar-refractivity contribution in [1.29, 1.82) is 0 Å². The minimum atomic E-state index is 0.161. The molecule has 5 heteroatoms. The van der Waals surface area contributed by atoms with Crippen LogP contribution in [0.3, 0.4) is 0 Å². The van der Waals surface area contributed by atoms with Crippen molar-refractivity contribution >= 4 is 27.5 Å². The van der Waals surface area contributed by atoms with E-state index in [9.17, 15) is 4.79 Å². The Bertz CT molecular complexity index is 643. The van der Waals surface area contributed by atoms with Crippen molar-refractivity contribution in [2.75, 3.05) is 19.6 Å². The number of carbonyl (C=O) groups is 1. The van der Waals surface area contributed by atoms with Crippen LogP contribution in [0.1, 0.15) is 50.5 Å². The van der Waals surface area contributed by atoms with E-state index < -0.39 is 0 Å². The maximum Gasteiger partial charge on any atom is 0.234 e. The average Bonchev–Trinajstić information content (AvgIpc) is 2.99. The van der Waals surface area contributed by atoms with Crippen molar-refractivity contribution in [3.05, 3.63) is 29.3 Å². The van der Waals surface area contributed by atoms with Gasteiger partial charge in [0.15, 0.2) is 0 Å². The maximum absolute atomic E-state index is 12.1. The fourth-order valence-electron chi connectivity index (χ4n) is 3.43. The summed E-state index contributed by atoms with van der Waals surface area (Å²) in [4.78, 5) is 19.2. The number of likely N-dealkylation sites (tertiary alicyclic amines) is 1. The summed E-state index contributed by atoms with van der Waals surface area (Å²) in [5, 5.41) is 4.36. The van der Waals surface area contributed by atoms with E-state index >= 15 is 0 Å². The third-order valence-electron chi connectivity index (χ3n) is 4.74. The minimum Gasteiger partial charge on any atom is -0.353 e. The lowest BCUT2D eigenvalue weighted by atomic mass is 9.97. The Labute approximate surface area is 148 Å². The molecule has 1 fully saturated rings. The van der Waals surface area contributed by atoms with Gasteiger partial charge in [0.2, 0.25) is 5.91 Å². The molecule has 2 heterocycles. The molecule has 0 bridgehead atoms. The first-order valence-corrected chi connectivity index (χ1v) is 9.84. The highest BCUT2D eigenvalue weighted by Gasteiger charge is 2.24. The molecule has 1 amide bonds. The number of para-hydroxylation sites is 1. The summed E-state index contributed by atoms with van der Waals surface area (Å²) in [7, 11) is 0. The smallest absolute Gasteiger partial charge is 0.234 e. The van der Waals surface area contributed by atoms with Crippen molar-refractivity contribution in [2.24, 2.45) is 0 Å². The van der Waals surface area contributed by atoms with Crippen LogP contribution >= 0.6 is 11.3 Å². The van der Waals surface area contributed by atoms with E-state index in [4.69, 9.17) is 4.98 Å². The van der Waals surface area contributed by atoms with E-state index in [-0.39, 0.29) is 11.9 Å². The second kappa shape index (κ2) is 8.08. The van der Waals surface area contributed by atoms with Gasteiger partial charge in [0.25, 0.3) is 0 Å². The lowest BCUT2D eigenvalue weighted by Crippen LogP contribution is -2.43. The highest BCUT2D eigenvalue weighted by molar-refractivity contribution is 7.18. The van der Waals surface area contributed by atoms with Gasteiger partial charge < -0.3 is 5.32 Å². The number of hydrogen-bond donors (Lipinski definition) is 1. The molecule has 130 valence electrons. The highest BCUT2D eigenvalue weighted by Crippen LogP contribution is 2.33. The number of nitrogens with zero attached hydrogens (tertiary/aromatic N) is 2. The van der Waals surface area contributed by atoms with Crippen LogP contribution in [0.2, 0.25) is 0 Å². The van der Waals surface area contributed by atoms with Crippen LogP contribution in [-0.2, 0) is 4.79 Å². The Hall–Kier alpha value is -1.46. The summed E-state index contributed by atoms with van der Waals surface area (Å²) in [6.07, 6.45) is 4.34. The van der Waals surface area contributed by atoms with Gasteiger partial charge in [-0.2, -0.15) is 0 Å². The van der Waals surface area contributed by atoms with Crippen molar-refractivity contribution in [3.63, 3.8) is 0 Å². The van der Waals surface area contributed by atoms with Gasteiger partial charge in [-0.15, -0.1) is 11.3 Å². The van der Waals surface area contributed by atoms with E-state index in [1.54, 1.807) is 0 Å². The third-order valence-corrected chi connectivity index (χ3v) is 5.94. The first-order valence-electron chi connectivity index (χ1n) is 9.03. The monoisotopic (exact) mass is 345 g/mol. The van der Waals surface area contributed by atoms with Gasteiger partial charge in [0.1, 0.15) is 0 Å². The predicted octanol–water partition coefficient (Wildman–Crippen LogP) is 3.78. The first kappa shape index (κ1) is 17.4. The molecular weight excluding hydrogens is 318 g/mol. The predicted molar refractivity (Wildman–Crippen MR) is 101 cm³/mol. The molecule has 1 saturated heterocycles. The second-order valence-corrected chi connectivity index (χ2v) is 7.89. The number of rotatable bonds is 6. The van der Waals surface area contributed by atoms with Crippen molar-refractivity contribution in [3.8, 4) is 0 Å². The fourth-order valence-corrected chi connectivity index (χ4v) is 4.57. The van der Waals surface area contributed by atoms with Crippen molar-refractivity contribution in [2.45, 2.75) is 51.5 Å². The van der Waals surface area contributed by atoms with Gasteiger partial charge in [-0.1, -0.05) is 25.5 Å². The Kier molecular flexibility index (Phi) is 5.85. The number of thiazole rings is 1. The Morgan fingerprint density at radius 1 is 1.38 bits per heavy atom. The Balaban J connectivity index is 1.49. The van der Waals surface area contributed by atoms with Crippen molar-refractivity contribution in [1.82, 2.24) is 15.2 Å². The van der Waals surface area contributed by atoms with E-state index in [1.165, 1.54) is 9.71 Å². The summed E-state index contributed by atoms with van der Waals surface area (Å²) in [6, 6.07) is 8.64. The van der Waals surface area contributed by atoms with Crippen LogP contribution in [0.25, 0.3) is 10.2 Å². The van der Waals surface area contributed by atoms with E-state index in [0.717, 1.165) is 44.3 Å². The number of aromatic nitrogens is 1. The zero-order valence-electron chi connectivity index (χ0n) is 14.6. The van der Waals surface area contributed by atoms with Crippen LogP contribution in [0, 0.1) is 0 Å². The molecule has 0 saturated carbocycles. The molecule has 1 aromatic heterocycles. The Morgan fingerprint density at radius 2 is 2.12 bits per heavy atom. The van der Waals surface area contributed by atoms with E-state index in [2.05, 4.69) is 42.3 Å². The number of amides is 1. The number of carbonyl (C=O) groups excluding carboxylic acids is 1. The van der Waals surface area contributed by atoms with Gasteiger partial charge in [0.05, 0.1) is 21.8 Å². The largest absolute Gasteiger partial charge is 0.353 e. The second-order valence-electron chi connectivity index (χ2n) is 6.83. The van der Waals surface area contributed by atoms with Crippen LogP contribution in [0.5, 0.6) is 0 Å². The molecule has 3 rings (SSSR count). The van der Waals surface area contributed by atoms with E-state index in [1.807, 2.05) is 17.4 Å². The number of benzene rings is 1. The molecule has 1 aliphatic heterocycles. The zero-order valence-corrected chi connectivity index (χ0v) is 15.4. The van der Waals surface area contributed by atoms with Gasteiger partial charge >= 0.3 is 0 Å². The van der Waals surface area contributed by atoms with Gasteiger partial charge in [-0.25, -0.2) is 4.98 Å². The van der Waals surface area contributed by atoms with E-state index in [0.29, 0.717) is 12.5 Å². The lowest BCUT2D eigenvalue weighted by Gasteiger charge is -2.30. The highest BCUT2D eigenvalue weighted by atomic mass is 32.1. The fraction of sp³-hybridized carbons (Fsp3) is 0.579. The summed E-state index contributed by atoms with van der Waals surface area (Å²) in [5.74, 6) is 0.704. The standard InChI is InChI=1S/C19H27N3OS/c1-3-6-14(2)20-18(23)13-22-11-9-15(10-12-22)19-21-16-7-4-5-8-17(16)24-19/h4-5,7-8,14-15H,3,6,9-13H2,1-2H3,(H,20,23)/t14-/m1/s1. The lowest BCUT2D eigenvalue weighted by molar-refractivity contribution is -0.123. The summed E-state index contributed by atoms with van der Waals surface area (Å²) in [6.45, 7) is 6.73. The Morgan fingerprint density at radius 3 is 2.83 bits per heavy atom. The van der Waals surface area contributed by atoms with Gasteiger partial charge in [0, 0.05) is 12.0 Å². The molecule has 1 aromatic carbocycles. The van der Waals surface area contributed by atoms with Crippen LogP contribution in [0.15, 0.2) is 24.3 Å². The molecule has 0 radical (unpaired) electrons. The SMILES string of the molecule is CCC[C@@H](C)NC(=O)CN1CCC(c2nc3ccccc3s2)CC1. The van der Waals surface area contributed by atoms with Crippen LogP contribution < -0.4 is 5.32 Å². The van der Waals surface area contributed by atoms with Gasteiger partial charge in [-0.3, -0.25) is 9.69 Å². The summed E-state index contributed by atoms with van der Waals surface area (Å²) in [5.41, 5.74) is 1.12. The molecular formula is C19H27N3OS. The zero-order chi connectivity index (χ0) is 16.9. The third kappa shape index (κ3) is 4.33.